The van der Waals surface area contributed by atoms with Crippen molar-refractivity contribution in [1.29, 1.82) is 0 Å². The Labute approximate surface area is 164 Å². The van der Waals surface area contributed by atoms with Crippen LogP contribution in [0.25, 0.3) is 11.3 Å². The summed E-state index contributed by atoms with van der Waals surface area (Å²) in [5.74, 6) is -2.98. The van der Waals surface area contributed by atoms with Gasteiger partial charge in [-0.2, -0.15) is 13.9 Å². The Morgan fingerprint density at radius 2 is 1.93 bits per heavy atom. The third-order valence-corrected chi connectivity index (χ3v) is 3.91. The minimum atomic E-state index is -3.10. The van der Waals surface area contributed by atoms with Crippen molar-refractivity contribution in [3.8, 4) is 11.3 Å². The van der Waals surface area contributed by atoms with E-state index in [1.54, 1.807) is 0 Å². The van der Waals surface area contributed by atoms with Crippen LogP contribution in [0, 0.1) is 0 Å². The van der Waals surface area contributed by atoms with Crippen molar-refractivity contribution < 1.29 is 13.6 Å². The van der Waals surface area contributed by atoms with Gasteiger partial charge in [0, 0.05) is 44.8 Å². The van der Waals surface area contributed by atoms with Crippen molar-refractivity contribution in [2.75, 3.05) is 10.6 Å². The molecule has 0 spiro atoms. The average molecular weight is 400 g/mol. The number of pyridine rings is 2. The van der Waals surface area contributed by atoms with Gasteiger partial charge in [0.05, 0.1) is 11.4 Å². The number of nitrogens with one attached hydrogen (secondary N) is 2. The minimum absolute atomic E-state index is 0.176. The van der Waals surface area contributed by atoms with E-state index in [0.29, 0.717) is 16.9 Å². The fourth-order valence-electron chi connectivity index (χ4n) is 2.54. The number of rotatable bonds is 5. The summed E-state index contributed by atoms with van der Waals surface area (Å²) in [6.45, 7) is 2.10. The molecule has 0 saturated carbocycles. The molecule has 0 fully saturated rings. The molecule has 3 aromatic rings. The first kappa shape index (κ1) is 20.1. The summed E-state index contributed by atoms with van der Waals surface area (Å²) >= 11 is 0. The molecule has 3 heterocycles. The second kappa shape index (κ2) is 7.74. The van der Waals surface area contributed by atoms with Crippen LogP contribution in [0.5, 0.6) is 0 Å². The molecule has 0 radical (unpaired) electrons. The Bertz CT molecular complexity index is 1120. The third kappa shape index (κ3) is 4.78. The number of hydrogen-bond donors (Lipinski definition) is 2. The lowest BCUT2D eigenvalue weighted by atomic mass is 10.1. The number of aryl methyl sites for hydroxylation is 1. The molecule has 0 aliphatic rings. The van der Waals surface area contributed by atoms with Crippen LogP contribution in [0.4, 0.5) is 26.1 Å². The van der Waals surface area contributed by atoms with Gasteiger partial charge in [0.15, 0.2) is 0 Å². The van der Waals surface area contributed by atoms with Gasteiger partial charge in [-0.3, -0.25) is 9.59 Å². The van der Waals surface area contributed by atoms with Crippen LogP contribution in [0.2, 0.25) is 0 Å². The molecule has 0 saturated heterocycles. The number of nitrogens with zero attached hydrogens (tertiary/aromatic N) is 4. The number of carbonyl (C=O) groups excluding carboxylic acids is 1. The maximum Gasteiger partial charge on any atom is 0.287 e. The van der Waals surface area contributed by atoms with Crippen LogP contribution < -0.4 is 16.2 Å². The van der Waals surface area contributed by atoms with E-state index >= 15 is 0 Å². The van der Waals surface area contributed by atoms with Crippen LogP contribution in [-0.4, -0.2) is 25.7 Å². The minimum Gasteiger partial charge on any atom is -0.340 e. The largest absolute Gasteiger partial charge is 0.340 e. The van der Waals surface area contributed by atoms with E-state index in [-0.39, 0.29) is 28.8 Å². The highest BCUT2D eigenvalue weighted by Gasteiger charge is 2.26. The fourth-order valence-corrected chi connectivity index (χ4v) is 2.54. The summed E-state index contributed by atoms with van der Waals surface area (Å²) in [4.78, 5) is 31.1. The molecule has 0 bridgehead atoms. The van der Waals surface area contributed by atoms with Crippen molar-refractivity contribution in [1.82, 2.24) is 19.7 Å². The second-order valence-corrected chi connectivity index (χ2v) is 6.40. The lowest BCUT2D eigenvalue weighted by Gasteiger charge is -2.15. The third-order valence-electron chi connectivity index (χ3n) is 3.91. The van der Waals surface area contributed by atoms with Gasteiger partial charge in [-0.05, 0) is 18.2 Å². The topological polar surface area (TPSA) is 102 Å². The molecule has 0 aromatic carbocycles. The number of aromatic nitrogens is 4. The zero-order valence-electron chi connectivity index (χ0n) is 15.9. The molecule has 3 aromatic heterocycles. The van der Waals surface area contributed by atoms with Crippen LogP contribution >= 0.6 is 0 Å². The van der Waals surface area contributed by atoms with E-state index in [1.165, 1.54) is 56.6 Å². The van der Waals surface area contributed by atoms with E-state index in [0.717, 1.165) is 11.6 Å². The summed E-state index contributed by atoms with van der Waals surface area (Å²) in [6.07, 6.45) is 1.46. The van der Waals surface area contributed by atoms with Crippen molar-refractivity contribution in [2.24, 2.45) is 7.05 Å². The SMILES string of the molecule is CC(=O)Nc1cc(Nc2cccc(C(C)(F)F)n2)c(-c2ccc(=O)n(C)n2)cn1. The second-order valence-electron chi connectivity index (χ2n) is 6.40. The standard InChI is InChI=1S/C19H18F2N6O2/c1-11(28)23-17-9-14(24-16-6-4-5-15(25-16)19(2,20)21)12(10-22-17)13-7-8-18(29)27(3)26-13/h4-10H,1-3H3,(H2,22,23,24,25,28). The number of hydrogen-bond acceptors (Lipinski definition) is 6. The van der Waals surface area contributed by atoms with Crippen molar-refractivity contribution >= 4 is 23.2 Å². The van der Waals surface area contributed by atoms with Gasteiger partial charge in [-0.1, -0.05) is 6.07 Å². The highest BCUT2D eigenvalue weighted by atomic mass is 19.3. The maximum absolute atomic E-state index is 13.6. The summed E-state index contributed by atoms with van der Waals surface area (Å²) in [5, 5.41) is 9.72. The van der Waals surface area contributed by atoms with Crippen molar-refractivity contribution in [2.45, 2.75) is 19.8 Å². The highest BCUT2D eigenvalue weighted by molar-refractivity contribution is 5.89. The molecule has 0 aliphatic carbocycles. The summed E-state index contributed by atoms with van der Waals surface area (Å²) < 4.78 is 28.4. The highest BCUT2D eigenvalue weighted by Crippen LogP contribution is 2.31. The van der Waals surface area contributed by atoms with E-state index in [1.807, 2.05) is 0 Å². The molecule has 29 heavy (non-hydrogen) atoms. The number of anilines is 3. The average Bonchev–Trinajstić information content (AvgIpc) is 2.63. The smallest absolute Gasteiger partial charge is 0.287 e. The van der Waals surface area contributed by atoms with Gasteiger partial charge in [0.25, 0.3) is 11.5 Å². The Hall–Kier alpha value is -3.69. The van der Waals surface area contributed by atoms with Crippen molar-refractivity contribution in [3.63, 3.8) is 0 Å². The molecular weight excluding hydrogens is 382 g/mol. The summed E-state index contributed by atoms with van der Waals surface area (Å²) in [5.41, 5.74) is 0.656. The quantitative estimate of drug-likeness (QED) is 0.683. The molecule has 8 nitrogen and oxygen atoms in total. The molecule has 2 N–H and O–H groups in total. The van der Waals surface area contributed by atoms with Gasteiger partial charge in [-0.15, -0.1) is 0 Å². The normalized spacial score (nSPS) is 11.2. The fraction of sp³-hybridized carbons (Fsp3) is 0.211. The monoisotopic (exact) mass is 400 g/mol. The molecule has 0 atom stereocenters. The zero-order valence-corrected chi connectivity index (χ0v) is 15.9. The van der Waals surface area contributed by atoms with E-state index in [2.05, 4.69) is 25.7 Å². The Morgan fingerprint density at radius 1 is 1.17 bits per heavy atom. The van der Waals surface area contributed by atoms with E-state index in [4.69, 9.17) is 0 Å². The molecule has 1 amide bonds. The van der Waals surface area contributed by atoms with Gasteiger partial charge < -0.3 is 10.6 Å². The zero-order chi connectivity index (χ0) is 21.2. The predicted molar refractivity (Wildman–Crippen MR) is 104 cm³/mol. The number of halogens is 2. The Kier molecular flexibility index (Phi) is 5.35. The predicted octanol–water partition coefficient (Wildman–Crippen LogP) is 3.05. The first-order valence-electron chi connectivity index (χ1n) is 8.58. The van der Waals surface area contributed by atoms with Crippen LogP contribution in [0.3, 0.4) is 0 Å². The van der Waals surface area contributed by atoms with Gasteiger partial charge in [0.2, 0.25) is 5.91 Å². The molecule has 10 heteroatoms. The summed E-state index contributed by atoms with van der Waals surface area (Å²) in [7, 11) is 1.51. The molecule has 0 unspecified atom stereocenters. The number of carbonyl (C=O) groups is 1. The van der Waals surface area contributed by atoms with Gasteiger partial charge in [0.1, 0.15) is 17.3 Å². The Morgan fingerprint density at radius 3 is 2.59 bits per heavy atom. The van der Waals surface area contributed by atoms with Gasteiger partial charge in [-0.25, -0.2) is 14.6 Å². The summed E-state index contributed by atoms with van der Waals surface area (Å²) in [6, 6.07) is 8.63. The van der Waals surface area contributed by atoms with Gasteiger partial charge >= 0.3 is 0 Å². The number of alkyl halides is 2. The van der Waals surface area contributed by atoms with Crippen LogP contribution in [-0.2, 0) is 17.8 Å². The molecular formula is C19H18F2N6O2. The molecule has 0 aliphatic heterocycles. The lowest BCUT2D eigenvalue weighted by Crippen LogP contribution is -2.18. The molecule has 150 valence electrons. The van der Waals surface area contributed by atoms with E-state index < -0.39 is 5.92 Å². The molecule has 3 rings (SSSR count). The number of amides is 1. The lowest BCUT2D eigenvalue weighted by molar-refractivity contribution is -0.114. The first-order valence-corrected chi connectivity index (χ1v) is 8.58. The maximum atomic E-state index is 13.6. The first-order chi connectivity index (χ1) is 13.6. The van der Waals surface area contributed by atoms with Crippen molar-refractivity contribution in [3.05, 3.63) is 58.6 Å². The van der Waals surface area contributed by atoms with Crippen LogP contribution in [0.15, 0.2) is 47.4 Å². The van der Waals surface area contributed by atoms with E-state index in [9.17, 15) is 18.4 Å². The van der Waals surface area contributed by atoms with Crippen LogP contribution in [0.1, 0.15) is 19.5 Å². The Balaban J connectivity index is 2.08.